The van der Waals surface area contributed by atoms with Crippen LogP contribution in [0, 0.1) is 0 Å². The van der Waals surface area contributed by atoms with Crippen molar-refractivity contribution >= 4 is 5.82 Å². The van der Waals surface area contributed by atoms with Crippen LogP contribution < -0.4 is 10.6 Å². The summed E-state index contributed by atoms with van der Waals surface area (Å²) < 4.78 is 5.08. The molecule has 0 aromatic carbocycles. The normalized spacial score (nSPS) is 12.2. The summed E-state index contributed by atoms with van der Waals surface area (Å²) in [5, 5.41) is 0. The summed E-state index contributed by atoms with van der Waals surface area (Å²) in [6, 6.07) is 4.01. The molecule has 0 saturated carbocycles. The third kappa shape index (κ3) is 4.17. The number of methoxy groups -OCH3 is 1. The number of ether oxygens (including phenoxy) is 1. The van der Waals surface area contributed by atoms with Crippen molar-refractivity contribution in [3.8, 4) is 0 Å². The van der Waals surface area contributed by atoms with Crippen LogP contribution in [0.25, 0.3) is 0 Å². The molecule has 2 N–H and O–H groups in total. The van der Waals surface area contributed by atoms with Gasteiger partial charge in [-0.15, -0.1) is 6.58 Å². The minimum atomic E-state index is 0.0170. The summed E-state index contributed by atoms with van der Waals surface area (Å²) in [6.07, 6.45) is 3.68. The van der Waals surface area contributed by atoms with Crippen molar-refractivity contribution in [3.63, 3.8) is 0 Å². The molecule has 0 unspecified atom stereocenters. The quantitative estimate of drug-likeness (QED) is 0.731. The Balaban J connectivity index is 2.75. The molecule has 0 bridgehead atoms. The highest BCUT2D eigenvalue weighted by Gasteiger charge is 2.06. The fourth-order valence-corrected chi connectivity index (χ4v) is 1.51. The van der Waals surface area contributed by atoms with Gasteiger partial charge in [0.15, 0.2) is 0 Å². The van der Waals surface area contributed by atoms with Crippen molar-refractivity contribution in [1.29, 1.82) is 0 Å². The highest BCUT2D eigenvalue weighted by atomic mass is 16.5. The molecule has 1 heterocycles. The van der Waals surface area contributed by atoms with E-state index in [1.165, 1.54) is 0 Å². The second-order valence-electron chi connectivity index (χ2n) is 3.97. The number of anilines is 1. The molecule has 0 aliphatic rings. The minimum Gasteiger partial charge on any atom is -0.383 e. The first-order valence-electron chi connectivity index (χ1n) is 5.75. The molecule has 1 aromatic rings. The number of nitrogens with zero attached hydrogens (tertiary/aromatic N) is 2. The van der Waals surface area contributed by atoms with Crippen LogP contribution in [0.1, 0.15) is 18.5 Å². The zero-order valence-electron chi connectivity index (χ0n) is 10.6. The molecule has 0 aliphatic carbocycles. The zero-order chi connectivity index (χ0) is 12.7. The lowest BCUT2D eigenvalue weighted by Crippen LogP contribution is -2.28. The van der Waals surface area contributed by atoms with E-state index in [1.807, 2.05) is 31.3 Å². The summed E-state index contributed by atoms with van der Waals surface area (Å²) in [6.45, 7) is 7.92. The van der Waals surface area contributed by atoms with Crippen molar-refractivity contribution in [3.05, 3.63) is 36.5 Å². The molecule has 0 fully saturated rings. The van der Waals surface area contributed by atoms with Crippen molar-refractivity contribution in [2.45, 2.75) is 13.0 Å². The van der Waals surface area contributed by atoms with Gasteiger partial charge in [0, 0.05) is 32.4 Å². The SMILES string of the molecule is C=CCN(CCOC)c1ccc([C@@H](C)N)cn1. The maximum absolute atomic E-state index is 5.79. The highest BCUT2D eigenvalue weighted by molar-refractivity contribution is 5.40. The average molecular weight is 235 g/mol. The van der Waals surface area contributed by atoms with Crippen LogP contribution >= 0.6 is 0 Å². The number of pyridine rings is 1. The molecule has 1 atom stereocenters. The van der Waals surface area contributed by atoms with E-state index in [9.17, 15) is 0 Å². The molecule has 0 saturated heterocycles. The van der Waals surface area contributed by atoms with Gasteiger partial charge in [-0.25, -0.2) is 4.98 Å². The Kier molecular flexibility index (Phi) is 5.66. The fraction of sp³-hybridized carbons (Fsp3) is 0.462. The number of aromatic nitrogens is 1. The average Bonchev–Trinajstić information content (AvgIpc) is 2.34. The molecule has 17 heavy (non-hydrogen) atoms. The van der Waals surface area contributed by atoms with Crippen molar-refractivity contribution in [2.75, 3.05) is 31.7 Å². The zero-order valence-corrected chi connectivity index (χ0v) is 10.6. The number of rotatable bonds is 7. The van der Waals surface area contributed by atoms with Gasteiger partial charge in [-0.05, 0) is 18.6 Å². The number of hydrogen-bond acceptors (Lipinski definition) is 4. The first-order valence-corrected chi connectivity index (χ1v) is 5.75. The Labute approximate surface area is 103 Å². The van der Waals surface area contributed by atoms with Crippen LogP contribution in [-0.4, -0.2) is 31.8 Å². The molecular formula is C13H21N3O. The maximum atomic E-state index is 5.79. The van der Waals surface area contributed by atoms with Crippen LogP contribution in [0.15, 0.2) is 31.0 Å². The lowest BCUT2D eigenvalue weighted by atomic mass is 10.1. The van der Waals surface area contributed by atoms with Crippen LogP contribution in [0.4, 0.5) is 5.82 Å². The van der Waals surface area contributed by atoms with Gasteiger partial charge in [0.05, 0.1) is 6.61 Å². The van der Waals surface area contributed by atoms with Crippen LogP contribution in [0.3, 0.4) is 0 Å². The van der Waals surface area contributed by atoms with E-state index >= 15 is 0 Å². The molecule has 1 rings (SSSR count). The van der Waals surface area contributed by atoms with Crippen molar-refractivity contribution in [2.24, 2.45) is 5.73 Å². The minimum absolute atomic E-state index is 0.0170. The van der Waals surface area contributed by atoms with Crippen LogP contribution in [-0.2, 0) is 4.74 Å². The molecule has 0 amide bonds. The molecule has 0 radical (unpaired) electrons. The standard InChI is InChI=1S/C13H21N3O/c1-4-7-16(8-9-17-3)13-6-5-12(10-15-13)11(2)14/h4-6,10-11H,1,7-9,14H2,2-3H3/t11-/m1/s1. The van der Waals surface area contributed by atoms with E-state index < -0.39 is 0 Å². The van der Waals surface area contributed by atoms with Gasteiger partial charge in [-0.3, -0.25) is 0 Å². The Morgan fingerprint density at radius 1 is 1.59 bits per heavy atom. The predicted octanol–water partition coefficient (Wildman–Crippen LogP) is 1.74. The number of hydrogen-bond donors (Lipinski definition) is 1. The Hall–Kier alpha value is -1.39. The first kappa shape index (κ1) is 13.7. The van der Waals surface area contributed by atoms with Gasteiger partial charge in [0.2, 0.25) is 0 Å². The van der Waals surface area contributed by atoms with Gasteiger partial charge in [-0.2, -0.15) is 0 Å². The van der Waals surface area contributed by atoms with E-state index in [0.717, 1.165) is 24.5 Å². The second-order valence-corrected chi connectivity index (χ2v) is 3.97. The van der Waals surface area contributed by atoms with Gasteiger partial charge in [0.25, 0.3) is 0 Å². The Bertz CT molecular complexity index is 335. The third-order valence-electron chi connectivity index (χ3n) is 2.54. The van der Waals surface area contributed by atoms with Gasteiger partial charge < -0.3 is 15.4 Å². The first-order chi connectivity index (χ1) is 8.19. The largest absolute Gasteiger partial charge is 0.383 e. The van der Waals surface area contributed by atoms with E-state index in [-0.39, 0.29) is 6.04 Å². The fourth-order valence-electron chi connectivity index (χ4n) is 1.51. The van der Waals surface area contributed by atoms with Gasteiger partial charge >= 0.3 is 0 Å². The summed E-state index contributed by atoms with van der Waals surface area (Å²) in [5.41, 5.74) is 6.83. The van der Waals surface area contributed by atoms with E-state index in [1.54, 1.807) is 7.11 Å². The summed E-state index contributed by atoms with van der Waals surface area (Å²) in [7, 11) is 1.69. The van der Waals surface area contributed by atoms with Gasteiger partial charge in [0.1, 0.15) is 5.82 Å². The molecule has 94 valence electrons. The molecule has 4 nitrogen and oxygen atoms in total. The Morgan fingerprint density at radius 3 is 2.82 bits per heavy atom. The maximum Gasteiger partial charge on any atom is 0.128 e. The summed E-state index contributed by atoms with van der Waals surface area (Å²) in [4.78, 5) is 6.53. The summed E-state index contributed by atoms with van der Waals surface area (Å²) in [5.74, 6) is 0.923. The summed E-state index contributed by atoms with van der Waals surface area (Å²) >= 11 is 0. The Morgan fingerprint density at radius 2 is 2.35 bits per heavy atom. The van der Waals surface area contributed by atoms with E-state index in [2.05, 4.69) is 16.5 Å². The molecule has 1 aromatic heterocycles. The smallest absolute Gasteiger partial charge is 0.128 e. The number of nitrogens with two attached hydrogens (primary N) is 1. The molecule has 0 spiro atoms. The van der Waals surface area contributed by atoms with E-state index in [0.29, 0.717) is 6.61 Å². The topological polar surface area (TPSA) is 51.4 Å². The van der Waals surface area contributed by atoms with E-state index in [4.69, 9.17) is 10.5 Å². The van der Waals surface area contributed by atoms with Gasteiger partial charge in [-0.1, -0.05) is 12.1 Å². The molecular weight excluding hydrogens is 214 g/mol. The van der Waals surface area contributed by atoms with Crippen LogP contribution in [0.5, 0.6) is 0 Å². The second kappa shape index (κ2) is 7.04. The lowest BCUT2D eigenvalue weighted by Gasteiger charge is -2.22. The molecule has 4 heteroatoms. The lowest BCUT2D eigenvalue weighted by molar-refractivity contribution is 0.205. The van der Waals surface area contributed by atoms with Crippen molar-refractivity contribution < 1.29 is 4.74 Å². The van der Waals surface area contributed by atoms with Crippen LogP contribution in [0.2, 0.25) is 0 Å². The highest BCUT2D eigenvalue weighted by Crippen LogP contribution is 2.14. The predicted molar refractivity (Wildman–Crippen MR) is 71.1 cm³/mol. The van der Waals surface area contributed by atoms with Crippen molar-refractivity contribution in [1.82, 2.24) is 4.98 Å². The third-order valence-corrected chi connectivity index (χ3v) is 2.54. The monoisotopic (exact) mass is 235 g/mol. The molecule has 0 aliphatic heterocycles.